The molecule has 0 aromatic heterocycles. The van der Waals surface area contributed by atoms with Crippen LogP contribution in [0.3, 0.4) is 0 Å². The zero-order chi connectivity index (χ0) is 28.4. The van der Waals surface area contributed by atoms with Crippen molar-refractivity contribution >= 4 is 17.5 Å². The third kappa shape index (κ3) is 3.90. The third-order valence-corrected chi connectivity index (χ3v) is 8.86. The minimum Gasteiger partial charge on any atom is -0.510 e. The number of benzene rings is 1. The Bertz CT molecular complexity index is 1300. The molecule has 1 amide bonds. The third-order valence-electron chi connectivity index (χ3n) is 8.86. The summed E-state index contributed by atoms with van der Waals surface area (Å²) in [6.07, 6.45) is 3.15. The van der Waals surface area contributed by atoms with Gasteiger partial charge in [0, 0.05) is 17.4 Å². The van der Waals surface area contributed by atoms with E-state index in [1.165, 1.54) is 25.1 Å². The SMILES string of the molecule is CN(C)C1C(O)=C(C(N)=O)C(=O)C2(O)C(O)=C3C(=O)c4c(O)cccc4C(COC4CCCCC4)C3C(O)C12. The molecule has 39 heavy (non-hydrogen) atoms. The first kappa shape index (κ1) is 27.3. The number of fused-ring (bicyclic) bond motifs is 3. The monoisotopic (exact) mass is 542 g/mol. The summed E-state index contributed by atoms with van der Waals surface area (Å²) in [5, 5.41) is 56.8. The molecular formula is C28H34N2O9. The van der Waals surface area contributed by atoms with Crippen LogP contribution in [0.4, 0.5) is 0 Å². The largest absolute Gasteiger partial charge is 0.510 e. The normalized spacial score (nSPS) is 33.2. The first-order chi connectivity index (χ1) is 18.4. The van der Waals surface area contributed by atoms with Crippen molar-refractivity contribution in [3.63, 3.8) is 0 Å². The number of hydrogen-bond donors (Lipinski definition) is 6. The molecule has 5 rings (SSSR count). The van der Waals surface area contributed by atoms with Gasteiger partial charge in [-0.2, -0.15) is 0 Å². The Morgan fingerprint density at radius 3 is 2.41 bits per heavy atom. The Labute approximate surface area is 225 Å². The number of aliphatic hydroxyl groups is 4. The average molecular weight is 543 g/mol. The molecule has 11 nitrogen and oxygen atoms in total. The maximum Gasteiger partial charge on any atom is 0.255 e. The predicted molar refractivity (Wildman–Crippen MR) is 137 cm³/mol. The number of carbonyl (C=O) groups is 3. The maximum absolute atomic E-state index is 13.8. The van der Waals surface area contributed by atoms with Gasteiger partial charge < -0.3 is 36.0 Å². The van der Waals surface area contributed by atoms with E-state index in [-0.39, 0.29) is 24.0 Å². The molecule has 1 aromatic rings. The van der Waals surface area contributed by atoms with Crippen LogP contribution in [0.25, 0.3) is 0 Å². The van der Waals surface area contributed by atoms with Crippen molar-refractivity contribution in [3.8, 4) is 5.75 Å². The van der Waals surface area contributed by atoms with Gasteiger partial charge in [-0.3, -0.25) is 19.3 Å². The number of rotatable bonds is 5. The zero-order valence-electron chi connectivity index (χ0n) is 21.8. The van der Waals surface area contributed by atoms with Crippen molar-refractivity contribution in [3.05, 3.63) is 52.0 Å². The van der Waals surface area contributed by atoms with Gasteiger partial charge in [0.25, 0.3) is 5.91 Å². The smallest absolute Gasteiger partial charge is 0.255 e. The molecule has 0 radical (unpaired) electrons. The molecule has 0 spiro atoms. The number of amides is 1. The van der Waals surface area contributed by atoms with Gasteiger partial charge in [-0.15, -0.1) is 0 Å². The van der Waals surface area contributed by atoms with Gasteiger partial charge in [0.15, 0.2) is 11.4 Å². The lowest BCUT2D eigenvalue weighted by molar-refractivity contribution is -0.163. The van der Waals surface area contributed by atoms with Gasteiger partial charge in [0.05, 0.1) is 36.3 Å². The molecule has 4 aliphatic rings. The summed E-state index contributed by atoms with van der Waals surface area (Å²) in [7, 11) is 3.00. The fraction of sp³-hybridized carbons (Fsp3) is 0.536. The molecule has 0 heterocycles. The van der Waals surface area contributed by atoms with Crippen LogP contribution in [-0.2, 0) is 14.3 Å². The summed E-state index contributed by atoms with van der Waals surface area (Å²) < 4.78 is 6.25. The minimum atomic E-state index is -2.94. The number of hydrogen-bond acceptors (Lipinski definition) is 10. The summed E-state index contributed by atoms with van der Waals surface area (Å²) in [5.74, 6) is -9.21. The lowest BCUT2D eigenvalue weighted by Gasteiger charge is -2.53. The lowest BCUT2D eigenvalue weighted by atomic mass is 9.55. The van der Waals surface area contributed by atoms with Gasteiger partial charge >= 0.3 is 0 Å². The number of Topliss-reactive ketones (excluding diaryl/α,β-unsaturated/α-hetero) is 2. The van der Waals surface area contributed by atoms with Crippen LogP contribution in [-0.4, -0.2) is 92.5 Å². The topological polar surface area (TPSA) is 191 Å². The average Bonchev–Trinajstić information content (AvgIpc) is 2.88. The van der Waals surface area contributed by atoms with Gasteiger partial charge in [-0.1, -0.05) is 31.4 Å². The summed E-state index contributed by atoms with van der Waals surface area (Å²) in [6.45, 7) is 0.0347. The number of phenols is 1. The van der Waals surface area contributed by atoms with Crippen LogP contribution in [0.15, 0.2) is 40.9 Å². The molecule has 6 unspecified atom stereocenters. The van der Waals surface area contributed by atoms with Gasteiger partial charge in [-0.05, 0) is 38.6 Å². The van der Waals surface area contributed by atoms with E-state index in [9.17, 15) is 39.9 Å². The van der Waals surface area contributed by atoms with Crippen molar-refractivity contribution in [2.75, 3.05) is 20.7 Å². The molecule has 0 saturated heterocycles. The number of primary amides is 1. The first-order valence-electron chi connectivity index (χ1n) is 13.2. The molecule has 0 bridgehead atoms. The number of carbonyl (C=O) groups excluding carboxylic acids is 3. The van der Waals surface area contributed by atoms with Crippen molar-refractivity contribution in [1.82, 2.24) is 4.90 Å². The van der Waals surface area contributed by atoms with Crippen molar-refractivity contribution in [2.24, 2.45) is 17.6 Å². The quantitative estimate of drug-likeness (QED) is 0.292. The Morgan fingerprint density at radius 2 is 1.79 bits per heavy atom. The number of ketones is 2. The van der Waals surface area contributed by atoms with Gasteiger partial charge in [0.2, 0.25) is 5.78 Å². The molecule has 7 N–H and O–H groups in total. The molecule has 6 atom stereocenters. The van der Waals surface area contributed by atoms with E-state index in [1.54, 1.807) is 12.1 Å². The van der Waals surface area contributed by atoms with Gasteiger partial charge in [-0.25, -0.2) is 0 Å². The van der Waals surface area contributed by atoms with Gasteiger partial charge in [0.1, 0.15) is 22.8 Å². The fourth-order valence-electron chi connectivity index (χ4n) is 7.07. The highest BCUT2D eigenvalue weighted by Crippen LogP contribution is 2.55. The molecule has 1 aromatic carbocycles. The van der Waals surface area contributed by atoms with Crippen LogP contribution in [0, 0.1) is 11.8 Å². The summed E-state index contributed by atoms with van der Waals surface area (Å²) in [5.41, 5.74) is 1.34. The van der Waals surface area contributed by atoms with E-state index in [0.717, 1.165) is 32.1 Å². The number of ether oxygens (including phenoxy) is 1. The molecule has 11 heteroatoms. The minimum absolute atomic E-state index is 0.0347. The van der Waals surface area contributed by atoms with Crippen LogP contribution in [0.5, 0.6) is 5.75 Å². The summed E-state index contributed by atoms with van der Waals surface area (Å²) >= 11 is 0. The number of aromatic hydroxyl groups is 1. The van der Waals surface area contributed by atoms with Crippen molar-refractivity contribution in [1.29, 1.82) is 0 Å². The number of nitrogens with zero attached hydrogens (tertiary/aromatic N) is 1. The molecule has 4 aliphatic carbocycles. The fourth-order valence-corrected chi connectivity index (χ4v) is 7.07. The van der Waals surface area contributed by atoms with E-state index in [1.807, 2.05) is 0 Å². The Morgan fingerprint density at radius 1 is 1.13 bits per heavy atom. The predicted octanol–water partition coefficient (Wildman–Crippen LogP) is 0.982. The Balaban J connectivity index is 1.71. The second-order valence-corrected chi connectivity index (χ2v) is 11.2. The summed E-state index contributed by atoms with van der Waals surface area (Å²) in [6, 6.07) is 3.20. The van der Waals surface area contributed by atoms with Crippen LogP contribution < -0.4 is 5.73 Å². The van der Waals surface area contributed by atoms with Crippen LogP contribution in [0.1, 0.15) is 53.9 Å². The summed E-state index contributed by atoms with van der Waals surface area (Å²) in [4.78, 5) is 40.8. The van der Waals surface area contributed by atoms with E-state index >= 15 is 0 Å². The molecule has 1 fully saturated rings. The molecule has 0 aliphatic heterocycles. The van der Waals surface area contributed by atoms with Crippen LogP contribution in [0.2, 0.25) is 0 Å². The highest BCUT2D eigenvalue weighted by molar-refractivity contribution is 6.25. The molecular weight excluding hydrogens is 508 g/mol. The standard InChI is InChI=1S/C28H34N2O9/c1-30(2)21-20-23(33)17-14(11-39-12-7-4-3-5-8-12)13-9-6-10-15(31)16(13)22(32)18(17)25(35)28(20,38)26(36)19(24(21)34)27(29)37/h6,9-10,12,14,17,20-21,23,31,33-35,38H,3-5,7-8,11H2,1-2H3,(H2,29,37). The second-order valence-electron chi connectivity index (χ2n) is 11.2. The number of nitrogens with two attached hydrogens (primary N) is 1. The van der Waals surface area contributed by atoms with Crippen molar-refractivity contribution in [2.45, 2.75) is 61.9 Å². The van der Waals surface area contributed by atoms with E-state index in [4.69, 9.17) is 10.5 Å². The highest BCUT2D eigenvalue weighted by Gasteiger charge is 2.67. The Hall–Kier alpha value is -3.25. The Kier molecular flexibility index (Phi) is 6.82. The van der Waals surface area contributed by atoms with E-state index in [2.05, 4.69) is 0 Å². The number of phenolic OH excluding ortho intramolecular Hbond substituents is 1. The highest BCUT2D eigenvalue weighted by atomic mass is 16.5. The van der Waals surface area contributed by atoms with Crippen molar-refractivity contribution < 1.29 is 44.7 Å². The molecule has 210 valence electrons. The number of likely N-dealkylation sites (N-methyl/N-ethyl adjacent to an activating group) is 1. The first-order valence-corrected chi connectivity index (χ1v) is 13.2. The van der Waals surface area contributed by atoms with E-state index < -0.39 is 75.6 Å². The van der Waals surface area contributed by atoms with Crippen LogP contribution >= 0.6 is 0 Å². The number of aliphatic hydroxyl groups excluding tert-OH is 3. The zero-order valence-corrected chi connectivity index (χ0v) is 21.8. The van der Waals surface area contributed by atoms with E-state index in [0.29, 0.717) is 5.56 Å². The second kappa shape index (κ2) is 9.74. The lowest BCUT2D eigenvalue weighted by Crippen LogP contribution is -2.68. The molecule has 1 saturated carbocycles. The maximum atomic E-state index is 13.8.